The molecule has 1 atom stereocenters. The van der Waals surface area contributed by atoms with Crippen molar-refractivity contribution in [1.82, 2.24) is 0 Å². The highest BCUT2D eigenvalue weighted by Gasteiger charge is 2.12. The monoisotopic (exact) mass is 200 g/mol. The van der Waals surface area contributed by atoms with Gasteiger partial charge < -0.3 is 14.6 Å². The number of hydrogen-bond donors (Lipinski definition) is 1. The van der Waals surface area contributed by atoms with Crippen LogP contribution in [-0.2, 0) is 9.47 Å². The van der Waals surface area contributed by atoms with Crippen LogP contribution in [0.2, 0.25) is 0 Å². The zero-order valence-corrected chi connectivity index (χ0v) is 8.65. The van der Waals surface area contributed by atoms with E-state index in [-0.39, 0.29) is 12.9 Å². The largest absolute Gasteiger partial charge is 0.396 e. The van der Waals surface area contributed by atoms with Gasteiger partial charge in [-0.3, -0.25) is 0 Å². The Morgan fingerprint density at radius 1 is 1.36 bits per heavy atom. The highest BCUT2D eigenvalue weighted by molar-refractivity contribution is 4.81. The molecule has 3 heteroatoms. The van der Waals surface area contributed by atoms with Gasteiger partial charge in [0.15, 0.2) is 6.29 Å². The molecule has 1 heterocycles. The molecule has 0 aromatic heterocycles. The van der Waals surface area contributed by atoms with Gasteiger partial charge in [-0.15, -0.1) is 0 Å². The second kappa shape index (κ2) is 7.97. The fourth-order valence-electron chi connectivity index (χ4n) is 1.40. The first-order valence-corrected chi connectivity index (χ1v) is 5.42. The molecule has 82 valence electrons. The maximum atomic E-state index is 8.54. The lowest BCUT2D eigenvalue weighted by atomic mass is 10.2. The van der Waals surface area contributed by atoms with Gasteiger partial charge in [-0.2, -0.15) is 0 Å². The van der Waals surface area contributed by atoms with Gasteiger partial charge in [0.25, 0.3) is 0 Å². The number of aliphatic hydroxyl groups is 1. The molecule has 0 saturated carbocycles. The number of aliphatic hydroxyl groups excluding tert-OH is 1. The van der Waals surface area contributed by atoms with Gasteiger partial charge in [0.1, 0.15) is 0 Å². The Kier molecular flexibility index (Phi) is 6.66. The van der Waals surface area contributed by atoms with E-state index < -0.39 is 0 Å². The van der Waals surface area contributed by atoms with Crippen LogP contribution in [0.1, 0.15) is 32.1 Å². The average molecular weight is 200 g/mol. The molecular formula is C11H20O3. The first-order valence-electron chi connectivity index (χ1n) is 5.42. The van der Waals surface area contributed by atoms with Crippen molar-refractivity contribution in [2.45, 2.75) is 38.4 Å². The minimum atomic E-state index is 0.00578. The predicted molar refractivity (Wildman–Crippen MR) is 55.0 cm³/mol. The summed E-state index contributed by atoms with van der Waals surface area (Å²) >= 11 is 0. The molecule has 0 aromatic carbocycles. The van der Waals surface area contributed by atoms with Gasteiger partial charge in [0, 0.05) is 13.2 Å². The van der Waals surface area contributed by atoms with Crippen molar-refractivity contribution >= 4 is 0 Å². The number of hydrogen-bond acceptors (Lipinski definition) is 3. The van der Waals surface area contributed by atoms with Crippen molar-refractivity contribution in [2.24, 2.45) is 0 Å². The third kappa shape index (κ3) is 5.37. The molecule has 1 aliphatic heterocycles. The van der Waals surface area contributed by atoms with Crippen molar-refractivity contribution in [3.63, 3.8) is 0 Å². The summed E-state index contributed by atoms with van der Waals surface area (Å²) in [5.41, 5.74) is 0. The second-order valence-corrected chi connectivity index (χ2v) is 3.47. The van der Waals surface area contributed by atoms with E-state index in [2.05, 4.69) is 0 Å². The molecule has 14 heavy (non-hydrogen) atoms. The average Bonchev–Trinajstić information content (AvgIpc) is 2.25. The number of allylic oxidation sites excluding steroid dienone is 1. The van der Waals surface area contributed by atoms with E-state index >= 15 is 0 Å². The van der Waals surface area contributed by atoms with Crippen LogP contribution in [0.25, 0.3) is 0 Å². The van der Waals surface area contributed by atoms with Gasteiger partial charge in [-0.05, 0) is 32.1 Å². The van der Waals surface area contributed by atoms with Crippen LogP contribution in [0, 0.1) is 0 Å². The topological polar surface area (TPSA) is 38.7 Å². The highest BCUT2D eigenvalue weighted by atomic mass is 16.7. The number of ether oxygens (including phenoxy) is 2. The Hall–Kier alpha value is -0.380. The molecule has 0 radical (unpaired) electrons. The summed E-state index contributed by atoms with van der Waals surface area (Å²) in [6, 6.07) is 0. The normalized spacial score (nSPS) is 23.1. The Morgan fingerprint density at radius 3 is 3.00 bits per heavy atom. The summed E-state index contributed by atoms with van der Waals surface area (Å²) in [7, 11) is 0. The molecule has 1 N–H and O–H groups in total. The van der Waals surface area contributed by atoms with Crippen LogP contribution in [0.3, 0.4) is 0 Å². The van der Waals surface area contributed by atoms with Gasteiger partial charge in [0.05, 0.1) is 6.61 Å². The van der Waals surface area contributed by atoms with Crippen LogP contribution >= 0.6 is 0 Å². The molecule has 1 aliphatic rings. The van der Waals surface area contributed by atoms with Gasteiger partial charge in [0.2, 0.25) is 0 Å². The van der Waals surface area contributed by atoms with Crippen molar-refractivity contribution < 1.29 is 14.6 Å². The third-order valence-corrected chi connectivity index (χ3v) is 2.21. The summed E-state index contributed by atoms with van der Waals surface area (Å²) < 4.78 is 10.9. The summed E-state index contributed by atoms with van der Waals surface area (Å²) in [5, 5.41) is 8.54. The lowest BCUT2D eigenvalue weighted by Crippen LogP contribution is -2.22. The quantitative estimate of drug-likeness (QED) is 0.525. The Morgan fingerprint density at radius 2 is 2.29 bits per heavy atom. The van der Waals surface area contributed by atoms with Gasteiger partial charge >= 0.3 is 0 Å². The maximum absolute atomic E-state index is 8.54. The fraction of sp³-hybridized carbons (Fsp3) is 0.818. The van der Waals surface area contributed by atoms with E-state index in [0.717, 1.165) is 32.3 Å². The van der Waals surface area contributed by atoms with Crippen molar-refractivity contribution in [3.8, 4) is 0 Å². The van der Waals surface area contributed by atoms with Crippen LogP contribution in [0.5, 0.6) is 0 Å². The number of unbranched alkanes of at least 4 members (excludes halogenated alkanes) is 1. The van der Waals surface area contributed by atoms with E-state index in [9.17, 15) is 0 Å². The molecule has 1 saturated heterocycles. The van der Waals surface area contributed by atoms with Crippen LogP contribution in [0.4, 0.5) is 0 Å². The first-order chi connectivity index (χ1) is 6.93. The smallest absolute Gasteiger partial charge is 0.157 e. The van der Waals surface area contributed by atoms with Crippen molar-refractivity contribution in [3.05, 3.63) is 12.2 Å². The van der Waals surface area contributed by atoms with Crippen molar-refractivity contribution in [2.75, 3.05) is 19.8 Å². The zero-order valence-electron chi connectivity index (χ0n) is 8.65. The summed E-state index contributed by atoms with van der Waals surface area (Å²) in [5.74, 6) is 0. The van der Waals surface area contributed by atoms with Crippen molar-refractivity contribution in [1.29, 1.82) is 0 Å². The van der Waals surface area contributed by atoms with E-state index in [1.807, 2.05) is 12.2 Å². The SMILES string of the molecule is OCCC/C=C\COC1CCCCO1. The van der Waals surface area contributed by atoms with E-state index in [4.69, 9.17) is 14.6 Å². The summed E-state index contributed by atoms with van der Waals surface area (Å²) in [4.78, 5) is 0. The van der Waals surface area contributed by atoms with Gasteiger partial charge in [-0.25, -0.2) is 0 Å². The molecule has 0 aliphatic carbocycles. The Balaban J connectivity index is 1.94. The lowest BCUT2D eigenvalue weighted by Gasteiger charge is -2.21. The molecule has 1 rings (SSSR count). The molecule has 1 fully saturated rings. The minimum Gasteiger partial charge on any atom is -0.396 e. The second-order valence-electron chi connectivity index (χ2n) is 3.47. The highest BCUT2D eigenvalue weighted by Crippen LogP contribution is 2.13. The number of rotatable bonds is 6. The van der Waals surface area contributed by atoms with Gasteiger partial charge in [-0.1, -0.05) is 12.2 Å². The molecule has 3 nitrogen and oxygen atoms in total. The Labute approximate surface area is 85.7 Å². The lowest BCUT2D eigenvalue weighted by molar-refractivity contribution is -0.155. The fourth-order valence-corrected chi connectivity index (χ4v) is 1.40. The standard InChI is InChI=1S/C11H20O3/c12-8-4-1-2-5-9-13-11-7-3-6-10-14-11/h2,5,11-12H,1,3-4,6-10H2/b5-2-. The predicted octanol–water partition coefficient (Wildman–Crippen LogP) is 1.86. The van der Waals surface area contributed by atoms with E-state index in [1.165, 1.54) is 6.42 Å². The molecule has 0 aromatic rings. The maximum Gasteiger partial charge on any atom is 0.157 e. The zero-order chi connectivity index (χ0) is 10.1. The van der Waals surface area contributed by atoms with Crippen LogP contribution < -0.4 is 0 Å². The first kappa shape index (κ1) is 11.7. The molecular weight excluding hydrogens is 180 g/mol. The molecule has 1 unspecified atom stereocenters. The summed E-state index contributed by atoms with van der Waals surface area (Å²) in [6.45, 7) is 1.71. The molecule has 0 amide bonds. The van der Waals surface area contributed by atoms with Crippen LogP contribution in [0.15, 0.2) is 12.2 Å². The molecule has 0 spiro atoms. The summed E-state index contributed by atoms with van der Waals surface area (Å²) in [6.07, 6.45) is 9.18. The van der Waals surface area contributed by atoms with E-state index in [1.54, 1.807) is 0 Å². The third-order valence-electron chi connectivity index (χ3n) is 2.21. The van der Waals surface area contributed by atoms with E-state index in [0.29, 0.717) is 6.61 Å². The van der Waals surface area contributed by atoms with Crippen LogP contribution in [-0.4, -0.2) is 31.2 Å². The molecule has 0 bridgehead atoms. The Bertz CT molecular complexity index is 151. The minimum absolute atomic E-state index is 0.00578.